The van der Waals surface area contributed by atoms with Crippen LogP contribution in [0.5, 0.6) is 0 Å². The van der Waals surface area contributed by atoms with Gasteiger partial charge in [0.2, 0.25) is 0 Å². The number of aromatic nitrogens is 2. The lowest BCUT2D eigenvalue weighted by Gasteiger charge is -2.25. The predicted octanol–water partition coefficient (Wildman–Crippen LogP) is 2.28. The highest BCUT2D eigenvalue weighted by atomic mass is 15.1. The fourth-order valence-corrected chi connectivity index (χ4v) is 2.95. The Morgan fingerprint density at radius 2 is 2.12 bits per heavy atom. The van der Waals surface area contributed by atoms with Gasteiger partial charge in [0.25, 0.3) is 0 Å². The van der Waals surface area contributed by atoms with E-state index in [9.17, 15) is 0 Å². The summed E-state index contributed by atoms with van der Waals surface area (Å²) in [5.74, 6) is 1.28. The van der Waals surface area contributed by atoms with Crippen molar-refractivity contribution in [1.29, 1.82) is 0 Å². The SMILES string of the molecule is CCc1nc(C(C)(C)CNC)c2n1CCCC2. The molecule has 0 spiro atoms. The molecule has 3 heteroatoms. The first-order chi connectivity index (χ1) is 8.10. The van der Waals surface area contributed by atoms with Gasteiger partial charge in [-0.1, -0.05) is 20.8 Å². The second-order valence-corrected chi connectivity index (χ2v) is 5.70. The molecule has 1 aromatic heterocycles. The Kier molecular flexibility index (Phi) is 3.57. The monoisotopic (exact) mass is 235 g/mol. The molecule has 96 valence electrons. The molecule has 1 aliphatic heterocycles. The van der Waals surface area contributed by atoms with Gasteiger partial charge in [-0.25, -0.2) is 4.98 Å². The highest BCUT2D eigenvalue weighted by molar-refractivity contribution is 5.27. The third-order valence-corrected chi connectivity index (χ3v) is 3.77. The number of aryl methyl sites for hydroxylation is 1. The summed E-state index contributed by atoms with van der Waals surface area (Å²) >= 11 is 0. The van der Waals surface area contributed by atoms with Crippen LogP contribution in [0.1, 0.15) is 50.8 Å². The number of rotatable bonds is 4. The van der Waals surface area contributed by atoms with Gasteiger partial charge in [-0.2, -0.15) is 0 Å². The van der Waals surface area contributed by atoms with E-state index in [-0.39, 0.29) is 5.41 Å². The summed E-state index contributed by atoms with van der Waals surface area (Å²) in [6.07, 6.45) is 4.87. The van der Waals surface area contributed by atoms with E-state index in [0.29, 0.717) is 0 Å². The fourth-order valence-electron chi connectivity index (χ4n) is 2.95. The van der Waals surface area contributed by atoms with E-state index < -0.39 is 0 Å². The molecule has 0 radical (unpaired) electrons. The Hall–Kier alpha value is -0.830. The van der Waals surface area contributed by atoms with Crippen molar-refractivity contribution in [3.63, 3.8) is 0 Å². The second-order valence-electron chi connectivity index (χ2n) is 5.70. The highest BCUT2D eigenvalue weighted by Crippen LogP contribution is 2.30. The summed E-state index contributed by atoms with van der Waals surface area (Å²) in [5.41, 5.74) is 2.95. The predicted molar refractivity (Wildman–Crippen MR) is 71.5 cm³/mol. The highest BCUT2D eigenvalue weighted by Gasteiger charge is 2.29. The maximum atomic E-state index is 4.92. The van der Waals surface area contributed by atoms with Gasteiger partial charge in [-0.15, -0.1) is 0 Å². The van der Waals surface area contributed by atoms with Crippen LogP contribution in [0.25, 0.3) is 0 Å². The van der Waals surface area contributed by atoms with Crippen LogP contribution in [-0.2, 0) is 24.8 Å². The third-order valence-electron chi connectivity index (χ3n) is 3.77. The molecule has 0 saturated heterocycles. The molecule has 0 fully saturated rings. The van der Waals surface area contributed by atoms with Crippen molar-refractivity contribution in [3.8, 4) is 0 Å². The molecular formula is C14H25N3. The molecule has 0 unspecified atom stereocenters. The van der Waals surface area contributed by atoms with E-state index >= 15 is 0 Å². The Morgan fingerprint density at radius 3 is 2.76 bits per heavy atom. The molecule has 1 N–H and O–H groups in total. The molecule has 1 aliphatic rings. The zero-order valence-corrected chi connectivity index (χ0v) is 11.6. The molecular weight excluding hydrogens is 210 g/mol. The largest absolute Gasteiger partial charge is 0.332 e. The van der Waals surface area contributed by atoms with Crippen molar-refractivity contribution in [3.05, 3.63) is 17.2 Å². The van der Waals surface area contributed by atoms with Crippen LogP contribution in [0.2, 0.25) is 0 Å². The first kappa shape index (κ1) is 12.6. The summed E-state index contributed by atoms with van der Waals surface area (Å²) in [4.78, 5) is 4.92. The van der Waals surface area contributed by atoms with E-state index in [1.165, 1.54) is 43.0 Å². The van der Waals surface area contributed by atoms with Crippen molar-refractivity contribution in [2.75, 3.05) is 13.6 Å². The van der Waals surface area contributed by atoms with E-state index in [4.69, 9.17) is 4.98 Å². The molecule has 0 saturated carbocycles. The van der Waals surface area contributed by atoms with E-state index in [1.54, 1.807) is 0 Å². The molecule has 17 heavy (non-hydrogen) atoms. The Bertz CT molecular complexity index is 390. The molecule has 2 rings (SSSR count). The van der Waals surface area contributed by atoms with Gasteiger partial charge in [0, 0.05) is 30.6 Å². The molecule has 0 aromatic carbocycles. The molecule has 0 aliphatic carbocycles. The molecule has 2 heterocycles. The Morgan fingerprint density at radius 1 is 1.35 bits per heavy atom. The summed E-state index contributed by atoms with van der Waals surface area (Å²) < 4.78 is 2.47. The van der Waals surface area contributed by atoms with Gasteiger partial charge in [0.15, 0.2) is 0 Å². The molecule has 0 amide bonds. The van der Waals surface area contributed by atoms with Gasteiger partial charge < -0.3 is 9.88 Å². The van der Waals surface area contributed by atoms with Crippen LogP contribution in [0.3, 0.4) is 0 Å². The smallest absolute Gasteiger partial charge is 0.108 e. The average molecular weight is 235 g/mol. The lowest BCUT2D eigenvalue weighted by atomic mass is 9.86. The van der Waals surface area contributed by atoms with Crippen LogP contribution in [0.4, 0.5) is 0 Å². The number of nitrogens with one attached hydrogen (secondary N) is 1. The van der Waals surface area contributed by atoms with Crippen LogP contribution >= 0.6 is 0 Å². The van der Waals surface area contributed by atoms with E-state index in [0.717, 1.165) is 13.0 Å². The van der Waals surface area contributed by atoms with Crippen LogP contribution < -0.4 is 5.32 Å². The first-order valence-corrected chi connectivity index (χ1v) is 6.83. The van der Waals surface area contributed by atoms with E-state index in [2.05, 4.69) is 30.7 Å². The van der Waals surface area contributed by atoms with Gasteiger partial charge >= 0.3 is 0 Å². The fraction of sp³-hybridized carbons (Fsp3) is 0.786. The van der Waals surface area contributed by atoms with Crippen molar-refractivity contribution >= 4 is 0 Å². The van der Waals surface area contributed by atoms with Crippen LogP contribution in [-0.4, -0.2) is 23.1 Å². The minimum Gasteiger partial charge on any atom is -0.332 e. The maximum absolute atomic E-state index is 4.92. The average Bonchev–Trinajstić information content (AvgIpc) is 2.68. The molecule has 1 aromatic rings. The van der Waals surface area contributed by atoms with Crippen molar-refractivity contribution in [2.24, 2.45) is 0 Å². The minimum atomic E-state index is 0.136. The Labute approximate surface area is 105 Å². The zero-order chi connectivity index (χ0) is 12.5. The lowest BCUT2D eigenvalue weighted by molar-refractivity contribution is 0.463. The van der Waals surface area contributed by atoms with Gasteiger partial charge in [0.05, 0.1) is 5.69 Å². The minimum absolute atomic E-state index is 0.136. The Balaban J connectivity index is 2.43. The standard InChI is InChI=1S/C14H25N3/c1-5-12-16-13(14(2,3)10-15-4)11-8-6-7-9-17(11)12/h15H,5-10H2,1-4H3. The van der Waals surface area contributed by atoms with Crippen molar-refractivity contribution in [1.82, 2.24) is 14.9 Å². The number of nitrogens with zero attached hydrogens (tertiary/aromatic N) is 2. The van der Waals surface area contributed by atoms with Gasteiger partial charge in [0.1, 0.15) is 5.82 Å². The van der Waals surface area contributed by atoms with Crippen LogP contribution in [0.15, 0.2) is 0 Å². The van der Waals surface area contributed by atoms with Crippen LogP contribution in [0, 0.1) is 0 Å². The topological polar surface area (TPSA) is 29.9 Å². The number of likely N-dealkylation sites (N-methyl/N-ethyl adjacent to an activating group) is 1. The molecule has 3 nitrogen and oxygen atoms in total. The summed E-state index contributed by atoms with van der Waals surface area (Å²) in [6, 6.07) is 0. The van der Waals surface area contributed by atoms with E-state index in [1.807, 2.05) is 7.05 Å². The van der Waals surface area contributed by atoms with Gasteiger partial charge in [-0.3, -0.25) is 0 Å². The zero-order valence-electron chi connectivity index (χ0n) is 11.6. The number of hydrogen-bond donors (Lipinski definition) is 1. The number of hydrogen-bond acceptors (Lipinski definition) is 2. The van der Waals surface area contributed by atoms with Crippen molar-refractivity contribution < 1.29 is 0 Å². The summed E-state index contributed by atoms with van der Waals surface area (Å²) in [5, 5.41) is 3.29. The molecule has 0 atom stereocenters. The summed E-state index contributed by atoms with van der Waals surface area (Å²) in [6.45, 7) is 8.95. The van der Waals surface area contributed by atoms with Crippen molar-refractivity contribution in [2.45, 2.75) is 58.4 Å². The first-order valence-electron chi connectivity index (χ1n) is 6.83. The second kappa shape index (κ2) is 4.81. The van der Waals surface area contributed by atoms with Gasteiger partial charge in [-0.05, 0) is 26.3 Å². The number of imidazole rings is 1. The number of fused-ring (bicyclic) bond motifs is 1. The summed E-state index contributed by atoms with van der Waals surface area (Å²) in [7, 11) is 2.02. The lowest BCUT2D eigenvalue weighted by Crippen LogP contribution is -2.32. The quantitative estimate of drug-likeness (QED) is 0.867. The third kappa shape index (κ3) is 2.25. The molecule has 0 bridgehead atoms. The maximum Gasteiger partial charge on any atom is 0.108 e. The normalized spacial score (nSPS) is 16.0.